The molecule has 6 heteroatoms. The van der Waals surface area contributed by atoms with Crippen LogP contribution in [0.25, 0.3) is 11.3 Å². The Bertz CT molecular complexity index is 1050. The summed E-state index contributed by atoms with van der Waals surface area (Å²) in [5.74, 6) is 1.76. The first-order valence-corrected chi connectivity index (χ1v) is 10.4. The van der Waals surface area contributed by atoms with Gasteiger partial charge in [0.25, 0.3) is 0 Å². The average molecular weight is 402 g/mol. The van der Waals surface area contributed by atoms with Gasteiger partial charge in [0, 0.05) is 55.6 Å². The van der Waals surface area contributed by atoms with Gasteiger partial charge in [-0.2, -0.15) is 0 Å². The third kappa shape index (κ3) is 4.48. The molecule has 0 radical (unpaired) electrons. The first kappa shape index (κ1) is 20.0. The second kappa shape index (κ2) is 8.61. The molecule has 1 unspecified atom stereocenters. The Morgan fingerprint density at radius 2 is 2.00 bits per heavy atom. The minimum Gasteiger partial charge on any atom is -0.342 e. The van der Waals surface area contributed by atoms with Crippen molar-refractivity contribution in [3.63, 3.8) is 0 Å². The van der Waals surface area contributed by atoms with Gasteiger partial charge in [0.2, 0.25) is 5.91 Å². The molecule has 1 aromatic carbocycles. The minimum atomic E-state index is 0.108. The Balaban J connectivity index is 1.71. The molecule has 1 saturated heterocycles. The van der Waals surface area contributed by atoms with Crippen LogP contribution < -0.4 is 5.32 Å². The highest BCUT2D eigenvalue weighted by Gasteiger charge is 2.25. The number of piperidine rings is 1. The molecule has 1 amide bonds. The molecule has 1 aliphatic rings. The lowest BCUT2D eigenvalue weighted by atomic mass is 9.97. The van der Waals surface area contributed by atoms with Gasteiger partial charge in [-0.3, -0.25) is 9.78 Å². The molecule has 3 aromatic rings. The van der Waals surface area contributed by atoms with Gasteiger partial charge >= 0.3 is 0 Å². The van der Waals surface area contributed by atoms with Crippen LogP contribution in [0.5, 0.6) is 0 Å². The fourth-order valence-electron chi connectivity index (χ4n) is 3.82. The summed E-state index contributed by atoms with van der Waals surface area (Å²) in [6.45, 7) is 7.30. The van der Waals surface area contributed by atoms with Crippen LogP contribution in [0.15, 0.2) is 48.8 Å². The van der Waals surface area contributed by atoms with E-state index < -0.39 is 0 Å². The molecule has 3 heterocycles. The maximum absolute atomic E-state index is 11.9. The third-order valence-corrected chi connectivity index (χ3v) is 5.71. The SMILES string of the molecule is CC(=O)N1CCCC(c2nc(Nc3ccc(C)c(C)c3)cc(-c3cccnc3)n2)C1. The molecular formula is C24H27N5O. The maximum Gasteiger partial charge on any atom is 0.219 e. The zero-order valence-corrected chi connectivity index (χ0v) is 17.7. The van der Waals surface area contributed by atoms with Crippen LogP contribution in [0.2, 0.25) is 0 Å². The van der Waals surface area contributed by atoms with Crippen molar-refractivity contribution in [2.45, 2.75) is 39.5 Å². The predicted octanol–water partition coefficient (Wildman–Crippen LogP) is 4.62. The number of anilines is 2. The van der Waals surface area contributed by atoms with E-state index in [4.69, 9.17) is 9.97 Å². The normalized spacial score (nSPS) is 16.4. The van der Waals surface area contributed by atoms with Crippen LogP contribution in [0, 0.1) is 13.8 Å². The quantitative estimate of drug-likeness (QED) is 0.690. The molecule has 4 rings (SSSR count). The van der Waals surface area contributed by atoms with Crippen molar-refractivity contribution >= 4 is 17.4 Å². The van der Waals surface area contributed by atoms with E-state index in [1.807, 2.05) is 29.3 Å². The average Bonchev–Trinajstić information content (AvgIpc) is 2.77. The van der Waals surface area contributed by atoms with Crippen molar-refractivity contribution in [3.8, 4) is 11.3 Å². The second-order valence-corrected chi connectivity index (χ2v) is 7.97. The van der Waals surface area contributed by atoms with Crippen LogP contribution >= 0.6 is 0 Å². The van der Waals surface area contributed by atoms with Gasteiger partial charge in [0.15, 0.2) is 0 Å². The lowest BCUT2D eigenvalue weighted by Crippen LogP contribution is -2.38. The largest absolute Gasteiger partial charge is 0.342 e. The summed E-state index contributed by atoms with van der Waals surface area (Å²) >= 11 is 0. The summed E-state index contributed by atoms with van der Waals surface area (Å²) in [5, 5.41) is 3.44. The summed E-state index contributed by atoms with van der Waals surface area (Å²) in [7, 11) is 0. The van der Waals surface area contributed by atoms with Gasteiger partial charge in [0.1, 0.15) is 11.6 Å². The molecule has 2 aromatic heterocycles. The first-order valence-electron chi connectivity index (χ1n) is 10.4. The zero-order chi connectivity index (χ0) is 21.1. The van der Waals surface area contributed by atoms with E-state index in [0.717, 1.165) is 48.0 Å². The number of rotatable bonds is 4. The highest BCUT2D eigenvalue weighted by Crippen LogP contribution is 2.29. The molecule has 1 N–H and O–H groups in total. The number of aromatic nitrogens is 3. The molecule has 0 spiro atoms. The molecule has 6 nitrogen and oxygen atoms in total. The standard InChI is InChI=1S/C24H27N5O/c1-16-8-9-21(12-17(16)2)26-23-13-22(19-6-4-10-25-14-19)27-24(28-23)20-7-5-11-29(15-20)18(3)30/h4,6,8-10,12-14,20H,5,7,11,15H2,1-3H3,(H,26,27,28). The number of likely N-dealkylation sites (tertiary alicyclic amines) is 1. The molecule has 1 fully saturated rings. The summed E-state index contributed by atoms with van der Waals surface area (Å²) in [6.07, 6.45) is 5.51. The summed E-state index contributed by atoms with van der Waals surface area (Å²) in [5.41, 5.74) is 5.26. The number of nitrogens with zero attached hydrogens (tertiary/aromatic N) is 4. The summed E-state index contributed by atoms with van der Waals surface area (Å²) < 4.78 is 0. The van der Waals surface area contributed by atoms with Crippen LogP contribution in [0.3, 0.4) is 0 Å². The number of pyridine rings is 1. The van der Waals surface area contributed by atoms with E-state index in [-0.39, 0.29) is 11.8 Å². The van der Waals surface area contributed by atoms with E-state index in [1.165, 1.54) is 11.1 Å². The Kier molecular flexibility index (Phi) is 5.74. The highest BCUT2D eigenvalue weighted by atomic mass is 16.2. The Morgan fingerprint density at radius 3 is 2.73 bits per heavy atom. The van der Waals surface area contributed by atoms with Crippen molar-refractivity contribution in [1.82, 2.24) is 19.9 Å². The molecule has 1 atom stereocenters. The summed E-state index contributed by atoms with van der Waals surface area (Å²) in [4.78, 5) is 27.7. The van der Waals surface area contributed by atoms with Crippen molar-refractivity contribution in [2.75, 3.05) is 18.4 Å². The number of carbonyl (C=O) groups excluding carboxylic acids is 1. The molecule has 154 valence electrons. The second-order valence-electron chi connectivity index (χ2n) is 7.97. The number of benzene rings is 1. The number of hydrogen-bond donors (Lipinski definition) is 1. The van der Waals surface area contributed by atoms with Crippen molar-refractivity contribution in [3.05, 3.63) is 65.7 Å². The Morgan fingerprint density at radius 1 is 1.13 bits per heavy atom. The predicted molar refractivity (Wildman–Crippen MR) is 119 cm³/mol. The van der Waals surface area contributed by atoms with Gasteiger partial charge in [-0.05, 0) is 62.1 Å². The topological polar surface area (TPSA) is 71.0 Å². The molecule has 0 aliphatic carbocycles. The van der Waals surface area contributed by atoms with Crippen molar-refractivity contribution < 1.29 is 4.79 Å². The zero-order valence-electron chi connectivity index (χ0n) is 17.7. The van der Waals surface area contributed by atoms with Crippen LogP contribution in [0.1, 0.15) is 42.6 Å². The van der Waals surface area contributed by atoms with Gasteiger partial charge < -0.3 is 10.2 Å². The van der Waals surface area contributed by atoms with E-state index in [2.05, 4.69) is 42.3 Å². The number of carbonyl (C=O) groups is 1. The molecule has 30 heavy (non-hydrogen) atoms. The summed E-state index contributed by atoms with van der Waals surface area (Å²) in [6, 6.07) is 12.2. The van der Waals surface area contributed by atoms with Gasteiger partial charge in [-0.15, -0.1) is 0 Å². The first-order chi connectivity index (χ1) is 14.5. The van der Waals surface area contributed by atoms with Gasteiger partial charge in [-0.25, -0.2) is 9.97 Å². The Labute approximate surface area is 177 Å². The number of hydrogen-bond acceptors (Lipinski definition) is 5. The lowest BCUT2D eigenvalue weighted by molar-refractivity contribution is -0.130. The monoisotopic (exact) mass is 401 g/mol. The molecule has 1 aliphatic heterocycles. The number of aryl methyl sites for hydroxylation is 2. The maximum atomic E-state index is 11.9. The highest BCUT2D eigenvalue weighted by molar-refractivity contribution is 5.73. The third-order valence-electron chi connectivity index (χ3n) is 5.71. The van der Waals surface area contributed by atoms with E-state index in [1.54, 1.807) is 13.1 Å². The number of amides is 1. The number of nitrogens with one attached hydrogen (secondary N) is 1. The molecule has 0 bridgehead atoms. The smallest absolute Gasteiger partial charge is 0.219 e. The van der Waals surface area contributed by atoms with Gasteiger partial charge in [-0.1, -0.05) is 6.07 Å². The van der Waals surface area contributed by atoms with E-state index in [9.17, 15) is 4.79 Å². The molecule has 0 saturated carbocycles. The van der Waals surface area contributed by atoms with Crippen LogP contribution in [-0.2, 0) is 4.79 Å². The Hall–Kier alpha value is -3.28. The van der Waals surface area contributed by atoms with Crippen molar-refractivity contribution in [2.24, 2.45) is 0 Å². The molecular weight excluding hydrogens is 374 g/mol. The minimum absolute atomic E-state index is 0.108. The fraction of sp³-hybridized carbons (Fsp3) is 0.333. The van der Waals surface area contributed by atoms with Crippen molar-refractivity contribution in [1.29, 1.82) is 0 Å². The van der Waals surface area contributed by atoms with Crippen LogP contribution in [0.4, 0.5) is 11.5 Å². The van der Waals surface area contributed by atoms with Crippen LogP contribution in [-0.4, -0.2) is 38.8 Å². The lowest BCUT2D eigenvalue weighted by Gasteiger charge is -2.31. The van der Waals surface area contributed by atoms with E-state index >= 15 is 0 Å². The van der Waals surface area contributed by atoms with E-state index in [0.29, 0.717) is 6.54 Å². The van der Waals surface area contributed by atoms with Gasteiger partial charge in [0.05, 0.1) is 5.69 Å². The fourth-order valence-corrected chi connectivity index (χ4v) is 3.82.